The second-order valence-electron chi connectivity index (χ2n) is 6.38. The van der Waals surface area contributed by atoms with E-state index in [-0.39, 0.29) is 18.6 Å². The number of amides is 2. The van der Waals surface area contributed by atoms with Gasteiger partial charge in [0.2, 0.25) is 11.8 Å². The fourth-order valence-corrected chi connectivity index (χ4v) is 2.13. The van der Waals surface area contributed by atoms with Crippen LogP contribution < -0.4 is 16.4 Å². The van der Waals surface area contributed by atoms with Crippen molar-refractivity contribution in [3.05, 3.63) is 0 Å². The zero-order valence-electron chi connectivity index (χ0n) is 17.0. The molecule has 0 unspecified atom stereocenters. The Balaban J connectivity index is 0. The molecule has 0 aromatic rings. The lowest BCUT2D eigenvalue weighted by molar-refractivity contribution is -0.170. The molecule has 10 N–H and O–H groups in total. The van der Waals surface area contributed by atoms with Crippen LogP contribution in [0.5, 0.6) is 0 Å². The predicted octanol–water partition coefficient (Wildman–Crippen LogP) is -3.45. The van der Waals surface area contributed by atoms with Crippen LogP contribution in [0.25, 0.3) is 0 Å². The summed E-state index contributed by atoms with van der Waals surface area (Å²) in [7, 11) is 0. The molecule has 16 nitrogen and oxygen atoms in total. The number of rotatable bonds is 14. The molecule has 17 heteroatoms. The Labute approximate surface area is 191 Å². The van der Waals surface area contributed by atoms with Gasteiger partial charge in [0, 0.05) is 12.2 Å². The van der Waals surface area contributed by atoms with Crippen LogP contribution in [0.3, 0.4) is 0 Å². The largest absolute Gasteiger partial charge is 0.481 e. The number of carboxylic acid groups (broad SMARTS) is 5. The summed E-state index contributed by atoms with van der Waals surface area (Å²) in [5.74, 6) is -8.72. The number of nitrogens with two attached hydrogens (primary N) is 1. The van der Waals surface area contributed by atoms with Crippen molar-refractivity contribution in [1.29, 1.82) is 0 Å². The number of thiol groups is 1. The van der Waals surface area contributed by atoms with E-state index in [1.54, 1.807) is 0 Å². The topological polar surface area (TPSA) is 291 Å². The van der Waals surface area contributed by atoms with Crippen LogP contribution in [-0.2, 0) is 33.6 Å². The van der Waals surface area contributed by atoms with Crippen LogP contribution in [0.4, 0.5) is 0 Å². The molecule has 0 aromatic carbocycles. The maximum atomic E-state index is 11.5. The standard InChI is InChI=1S/C10H17N3O6S.C6H8O7/c11-5(10(18)19)1-2-7(14)13-6(4-20)9(17)12-3-8(15)16;7-3(8)1-6(13,5(11)12)2-4(9)10/h5-6,20H,1-4,11H2,(H,12,17)(H,13,14)(H,15,16)(H,18,19);13H,1-2H2,(H,7,8)(H,9,10)(H,11,12)/t5-,6-;/m0./s1. The van der Waals surface area contributed by atoms with Gasteiger partial charge in [-0.05, 0) is 6.42 Å². The van der Waals surface area contributed by atoms with E-state index in [4.69, 9.17) is 36.4 Å². The molecule has 0 heterocycles. The number of carbonyl (C=O) groups excluding carboxylic acids is 2. The predicted molar refractivity (Wildman–Crippen MR) is 108 cm³/mol. The first-order valence-corrected chi connectivity index (χ1v) is 9.46. The Morgan fingerprint density at radius 1 is 0.879 bits per heavy atom. The van der Waals surface area contributed by atoms with E-state index in [2.05, 4.69) is 23.3 Å². The molecule has 0 bridgehead atoms. The summed E-state index contributed by atoms with van der Waals surface area (Å²) < 4.78 is 0. The zero-order valence-corrected chi connectivity index (χ0v) is 17.9. The summed E-state index contributed by atoms with van der Waals surface area (Å²) in [5.41, 5.74) is 2.49. The van der Waals surface area contributed by atoms with Crippen molar-refractivity contribution >= 4 is 54.3 Å². The third-order valence-corrected chi connectivity index (χ3v) is 3.90. The van der Waals surface area contributed by atoms with E-state index in [9.17, 15) is 33.6 Å². The van der Waals surface area contributed by atoms with Crippen molar-refractivity contribution < 1.29 is 64.2 Å². The maximum Gasteiger partial charge on any atom is 0.336 e. The van der Waals surface area contributed by atoms with Crippen molar-refractivity contribution in [3.63, 3.8) is 0 Å². The van der Waals surface area contributed by atoms with Gasteiger partial charge in [0.15, 0.2) is 5.60 Å². The molecular formula is C16H25N3O13S. The van der Waals surface area contributed by atoms with E-state index in [1.807, 2.05) is 0 Å². The third kappa shape index (κ3) is 15.1. The molecular weight excluding hydrogens is 474 g/mol. The lowest BCUT2D eigenvalue weighted by Gasteiger charge is -2.18. The number of nitrogens with one attached hydrogen (secondary N) is 2. The summed E-state index contributed by atoms with van der Waals surface area (Å²) in [6, 6.07) is -2.15. The lowest BCUT2D eigenvalue weighted by Crippen LogP contribution is -2.49. The second-order valence-corrected chi connectivity index (χ2v) is 6.74. The number of aliphatic hydroxyl groups is 1. The van der Waals surface area contributed by atoms with E-state index in [0.29, 0.717) is 0 Å². The molecule has 0 radical (unpaired) electrons. The minimum absolute atomic E-state index is 0.0256. The highest BCUT2D eigenvalue weighted by Crippen LogP contribution is 2.15. The lowest BCUT2D eigenvalue weighted by atomic mass is 9.96. The summed E-state index contributed by atoms with van der Waals surface area (Å²) in [5, 5.41) is 55.2. The van der Waals surface area contributed by atoms with E-state index in [0.717, 1.165) is 0 Å². The molecule has 0 fully saturated rings. The van der Waals surface area contributed by atoms with Crippen molar-refractivity contribution in [2.75, 3.05) is 12.3 Å². The van der Waals surface area contributed by atoms with Crippen LogP contribution in [0.15, 0.2) is 0 Å². The van der Waals surface area contributed by atoms with Gasteiger partial charge in [0.25, 0.3) is 0 Å². The Morgan fingerprint density at radius 2 is 1.36 bits per heavy atom. The molecule has 0 aliphatic heterocycles. The number of aliphatic carboxylic acids is 5. The Kier molecular flexibility index (Phi) is 14.8. The number of hydrogen-bond acceptors (Lipinski definition) is 10. The summed E-state index contributed by atoms with van der Waals surface area (Å²) in [6.45, 7) is -0.567. The van der Waals surface area contributed by atoms with Crippen molar-refractivity contribution in [1.82, 2.24) is 10.6 Å². The SMILES string of the molecule is N[C@@H](CCC(=O)N[C@@H](CS)C(=O)NCC(=O)O)C(=O)O.O=C(O)CC(O)(CC(=O)O)C(=O)O. The second kappa shape index (κ2) is 15.4. The quantitative estimate of drug-likeness (QED) is 0.104. The highest BCUT2D eigenvalue weighted by atomic mass is 32.1. The molecule has 0 aromatic heterocycles. The molecule has 2 amide bonds. The molecule has 0 aliphatic rings. The van der Waals surface area contributed by atoms with Crippen LogP contribution in [-0.4, -0.2) is 102 Å². The Hall–Kier alpha value is -3.44. The van der Waals surface area contributed by atoms with Gasteiger partial charge in [0.05, 0.1) is 12.8 Å². The van der Waals surface area contributed by atoms with Gasteiger partial charge in [-0.1, -0.05) is 0 Å². The monoisotopic (exact) mass is 499 g/mol. The van der Waals surface area contributed by atoms with Crippen LogP contribution in [0.1, 0.15) is 25.7 Å². The maximum absolute atomic E-state index is 11.5. The number of hydrogen-bond donors (Lipinski definition) is 10. The number of carboxylic acids is 5. The molecule has 0 spiro atoms. The van der Waals surface area contributed by atoms with Gasteiger partial charge in [-0.15, -0.1) is 0 Å². The van der Waals surface area contributed by atoms with E-state index >= 15 is 0 Å². The summed E-state index contributed by atoms with van der Waals surface area (Å²) in [4.78, 5) is 74.2. The molecule has 0 aliphatic carbocycles. The molecule has 2 atom stereocenters. The van der Waals surface area contributed by atoms with E-state index in [1.165, 1.54) is 0 Å². The normalized spacial score (nSPS) is 12.2. The van der Waals surface area contributed by atoms with Gasteiger partial charge >= 0.3 is 29.8 Å². The van der Waals surface area contributed by atoms with Crippen LogP contribution in [0.2, 0.25) is 0 Å². The highest BCUT2D eigenvalue weighted by Gasteiger charge is 2.40. The zero-order chi connectivity index (χ0) is 26.4. The highest BCUT2D eigenvalue weighted by molar-refractivity contribution is 7.80. The molecule has 0 rings (SSSR count). The van der Waals surface area contributed by atoms with Gasteiger partial charge in [-0.3, -0.25) is 28.8 Å². The Bertz CT molecular complexity index is 742. The first-order chi connectivity index (χ1) is 15.0. The van der Waals surface area contributed by atoms with Crippen molar-refractivity contribution in [3.8, 4) is 0 Å². The number of carbonyl (C=O) groups is 7. The average Bonchev–Trinajstić information content (AvgIpc) is 2.67. The molecule has 0 saturated heterocycles. The van der Waals surface area contributed by atoms with Crippen molar-refractivity contribution in [2.24, 2.45) is 5.73 Å². The minimum Gasteiger partial charge on any atom is -0.481 e. The average molecular weight is 499 g/mol. The van der Waals surface area contributed by atoms with Gasteiger partial charge < -0.3 is 47.0 Å². The molecule has 0 saturated carbocycles. The smallest absolute Gasteiger partial charge is 0.336 e. The fraction of sp³-hybridized carbons (Fsp3) is 0.562. The van der Waals surface area contributed by atoms with Crippen LogP contribution in [0, 0.1) is 0 Å². The molecule has 188 valence electrons. The Morgan fingerprint density at radius 3 is 1.70 bits per heavy atom. The van der Waals surface area contributed by atoms with Crippen LogP contribution >= 0.6 is 12.6 Å². The van der Waals surface area contributed by atoms with Crippen molar-refractivity contribution in [2.45, 2.75) is 43.4 Å². The first kappa shape index (κ1) is 31.7. The van der Waals surface area contributed by atoms with Gasteiger partial charge in [0.1, 0.15) is 18.6 Å². The van der Waals surface area contributed by atoms with Gasteiger partial charge in [-0.25, -0.2) is 4.79 Å². The fourth-order valence-electron chi connectivity index (χ4n) is 1.87. The van der Waals surface area contributed by atoms with Gasteiger partial charge in [-0.2, -0.15) is 12.6 Å². The first-order valence-electron chi connectivity index (χ1n) is 8.83. The van der Waals surface area contributed by atoms with E-state index < -0.39 is 78.7 Å². The third-order valence-electron chi connectivity index (χ3n) is 3.53. The summed E-state index contributed by atoms with van der Waals surface area (Å²) >= 11 is 3.87. The minimum atomic E-state index is -2.74. The summed E-state index contributed by atoms with van der Waals surface area (Å²) in [6.07, 6.45) is -2.52. The molecule has 33 heavy (non-hydrogen) atoms.